The molecule has 0 spiro atoms. The van der Waals surface area contributed by atoms with E-state index >= 15 is 0 Å². The minimum Gasteiger partial charge on any atom is -0.478 e. The van der Waals surface area contributed by atoms with Gasteiger partial charge in [0.25, 0.3) is 0 Å². The van der Waals surface area contributed by atoms with Gasteiger partial charge in [0.1, 0.15) is 6.54 Å². The number of nitrogens with zero attached hydrogens (tertiary/aromatic N) is 2. The first-order chi connectivity index (χ1) is 10.6. The van der Waals surface area contributed by atoms with Crippen LogP contribution in [0.2, 0.25) is 0 Å². The number of anilines is 1. The molecule has 1 amide bonds. The number of benzene rings is 2. The highest BCUT2D eigenvalue weighted by Gasteiger charge is 2.07. The molecule has 0 unspecified atom stereocenters. The lowest BCUT2D eigenvalue weighted by Gasteiger charge is -2.05. The van der Waals surface area contributed by atoms with E-state index in [0.29, 0.717) is 5.69 Å². The van der Waals surface area contributed by atoms with Crippen molar-refractivity contribution in [2.24, 2.45) is 0 Å². The number of hydrogen-bond acceptors (Lipinski definition) is 3. The van der Waals surface area contributed by atoms with Crippen LogP contribution in [-0.4, -0.2) is 26.8 Å². The van der Waals surface area contributed by atoms with Crippen LogP contribution in [0, 0.1) is 0 Å². The topological polar surface area (TPSA) is 84.2 Å². The lowest BCUT2D eigenvalue weighted by atomic mass is 10.2. The Kier molecular flexibility index (Phi) is 3.57. The molecule has 0 saturated carbocycles. The predicted molar refractivity (Wildman–Crippen MR) is 81.8 cm³/mol. The second-order valence-corrected chi connectivity index (χ2v) is 4.82. The zero-order chi connectivity index (χ0) is 15.5. The number of nitrogens with one attached hydrogen (secondary N) is 1. The van der Waals surface area contributed by atoms with Crippen LogP contribution in [0.5, 0.6) is 0 Å². The molecule has 2 aromatic carbocycles. The van der Waals surface area contributed by atoms with Gasteiger partial charge in [-0.1, -0.05) is 18.2 Å². The zero-order valence-corrected chi connectivity index (χ0v) is 11.6. The van der Waals surface area contributed by atoms with E-state index in [1.807, 2.05) is 30.5 Å². The van der Waals surface area contributed by atoms with Crippen molar-refractivity contribution in [3.05, 3.63) is 60.3 Å². The maximum Gasteiger partial charge on any atom is 0.335 e. The summed E-state index contributed by atoms with van der Waals surface area (Å²) in [5.41, 5.74) is 1.56. The van der Waals surface area contributed by atoms with E-state index in [2.05, 4.69) is 10.4 Å². The number of carbonyl (C=O) groups excluding carboxylic acids is 1. The fourth-order valence-corrected chi connectivity index (χ4v) is 2.14. The molecule has 110 valence electrons. The highest BCUT2D eigenvalue weighted by atomic mass is 16.4. The van der Waals surface area contributed by atoms with Crippen LogP contribution in [0.15, 0.2) is 54.7 Å². The van der Waals surface area contributed by atoms with E-state index in [1.165, 1.54) is 12.1 Å². The number of aromatic nitrogens is 2. The van der Waals surface area contributed by atoms with E-state index in [4.69, 9.17) is 5.11 Å². The lowest BCUT2D eigenvalue weighted by Crippen LogP contribution is -2.19. The summed E-state index contributed by atoms with van der Waals surface area (Å²) >= 11 is 0. The number of aromatic carboxylic acids is 1. The maximum atomic E-state index is 12.0. The predicted octanol–water partition coefficient (Wildman–Crippen LogP) is 2.37. The van der Waals surface area contributed by atoms with Crippen molar-refractivity contribution in [1.82, 2.24) is 9.78 Å². The number of carboxylic acids is 1. The summed E-state index contributed by atoms with van der Waals surface area (Å²) in [4.78, 5) is 22.8. The zero-order valence-electron chi connectivity index (χ0n) is 11.6. The van der Waals surface area contributed by atoms with Crippen LogP contribution in [0.3, 0.4) is 0 Å². The lowest BCUT2D eigenvalue weighted by molar-refractivity contribution is -0.116. The Morgan fingerprint density at radius 2 is 1.82 bits per heavy atom. The summed E-state index contributed by atoms with van der Waals surface area (Å²) in [5, 5.41) is 16.8. The normalized spacial score (nSPS) is 10.5. The number of fused-ring (bicyclic) bond motifs is 1. The van der Waals surface area contributed by atoms with E-state index < -0.39 is 5.97 Å². The number of amides is 1. The van der Waals surface area contributed by atoms with Crippen molar-refractivity contribution in [1.29, 1.82) is 0 Å². The third-order valence-corrected chi connectivity index (χ3v) is 3.18. The number of hydrogen-bond donors (Lipinski definition) is 2. The summed E-state index contributed by atoms with van der Waals surface area (Å²) in [6, 6.07) is 13.6. The standard InChI is InChI=1S/C16H13N3O3/c20-15(17-13-7-5-11(6-8-13)16(21)22)10-19-9-12-3-1-2-4-14(12)18-19/h1-9H,10H2,(H,17,20)(H,21,22). The van der Waals surface area contributed by atoms with E-state index in [0.717, 1.165) is 10.9 Å². The second-order valence-electron chi connectivity index (χ2n) is 4.82. The van der Waals surface area contributed by atoms with Gasteiger partial charge in [0.2, 0.25) is 5.91 Å². The molecule has 6 heteroatoms. The maximum absolute atomic E-state index is 12.0. The van der Waals surface area contributed by atoms with E-state index in [9.17, 15) is 9.59 Å². The highest BCUT2D eigenvalue weighted by Crippen LogP contribution is 2.12. The molecule has 0 radical (unpaired) electrons. The second kappa shape index (κ2) is 5.69. The van der Waals surface area contributed by atoms with Crippen molar-refractivity contribution in [2.75, 3.05) is 5.32 Å². The monoisotopic (exact) mass is 295 g/mol. The van der Waals surface area contributed by atoms with Crippen molar-refractivity contribution in [3.63, 3.8) is 0 Å². The molecule has 0 atom stereocenters. The summed E-state index contributed by atoms with van der Waals surface area (Å²) in [6.45, 7) is 0.0926. The average molecular weight is 295 g/mol. The van der Waals surface area contributed by atoms with E-state index in [-0.39, 0.29) is 18.0 Å². The Labute approximate surface area is 126 Å². The summed E-state index contributed by atoms with van der Waals surface area (Å²) in [6.07, 6.45) is 1.81. The van der Waals surface area contributed by atoms with Crippen molar-refractivity contribution >= 4 is 28.5 Å². The third kappa shape index (κ3) is 2.95. The van der Waals surface area contributed by atoms with Gasteiger partial charge in [0, 0.05) is 17.3 Å². The van der Waals surface area contributed by atoms with Crippen LogP contribution in [0.25, 0.3) is 10.9 Å². The van der Waals surface area contributed by atoms with E-state index in [1.54, 1.807) is 16.8 Å². The van der Waals surface area contributed by atoms with Crippen LogP contribution in [0.4, 0.5) is 5.69 Å². The largest absolute Gasteiger partial charge is 0.478 e. The molecule has 1 heterocycles. The molecule has 0 aliphatic carbocycles. The average Bonchev–Trinajstić information content (AvgIpc) is 2.89. The van der Waals surface area contributed by atoms with Gasteiger partial charge in [-0.3, -0.25) is 9.48 Å². The Morgan fingerprint density at radius 3 is 2.50 bits per heavy atom. The molecule has 0 fully saturated rings. The Hall–Kier alpha value is -3.15. The smallest absolute Gasteiger partial charge is 0.335 e. The van der Waals surface area contributed by atoms with Gasteiger partial charge in [0.15, 0.2) is 0 Å². The Balaban J connectivity index is 1.68. The fraction of sp³-hybridized carbons (Fsp3) is 0.0625. The molecule has 3 aromatic rings. The Bertz CT molecular complexity index is 804. The molecule has 0 aliphatic rings. The van der Waals surface area contributed by atoms with Crippen LogP contribution < -0.4 is 5.32 Å². The fourth-order valence-electron chi connectivity index (χ4n) is 2.14. The van der Waals surface area contributed by atoms with Crippen molar-refractivity contribution < 1.29 is 14.7 Å². The van der Waals surface area contributed by atoms with Gasteiger partial charge in [0.05, 0.1) is 11.1 Å². The van der Waals surface area contributed by atoms with Crippen LogP contribution in [-0.2, 0) is 11.3 Å². The van der Waals surface area contributed by atoms with Gasteiger partial charge >= 0.3 is 5.97 Å². The Morgan fingerprint density at radius 1 is 1.09 bits per heavy atom. The number of carboxylic acid groups (broad SMARTS) is 1. The molecular weight excluding hydrogens is 282 g/mol. The first kappa shape index (κ1) is 13.8. The summed E-state index contributed by atoms with van der Waals surface area (Å²) < 4.78 is 1.58. The first-order valence-electron chi connectivity index (χ1n) is 6.67. The molecular formula is C16H13N3O3. The minimum atomic E-state index is -0.999. The van der Waals surface area contributed by atoms with Gasteiger partial charge in [-0.25, -0.2) is 4.79 Å². The summed E-state index contributed by atoms with van der Waals surface area (Å²) in [5.74, 6) is -1.23. The molecule has 2 N–H and O–H groups in total. The molecule has 0 aliphatic heterocycles. The van der Waals surface area contributed by atoms with Gasteiger partial charge in [-0.2, -0.15) is 5.10 Å². The molecule has 0 saturated heterocycles. The number of rotatable bonds is 4. The highest BCUT2D eigenvalue weighted by molar-refractivity contribution is 5.92. The molecule has 3 rings (SSSR count). The molecule has 1 aromatic heterocycles. The SMILES string of the molecule is O=C(Cn1cc2ccccc2n1)Nc1ccc(C(=O)O)cc1. The molecule has 6 nitrogen and oxygen atoms in total. The quantitative estimate of drug-likeness (QED) is 0.774. The van der Waals surface area contributed by atoms with Gasteiger partial charge in [-0.05, 0) is 30.3 Å². The van der Waals surface area contributed by atoms with Crippen LogP contribution in [0.1, 0.15) is 10.4 Å². The summed E-state index contributed by atoms with van der Waals surface area (Å²) in [7, 11) is 0. The molecule has 0 bridgehead atoms. The van der Waals surface area contributed by atoms with Gasteiger partial charge in [-0.15, -0.1) is 0 Å². The molecule has 22 heavy (non-hydrogen) atoms. The van der Waals surface area contributed by atoms with Gasteiger partial charge < -0.3 is 10.4 Å². The van der Waals surface area contributed by atoms with Crippen LogP contribution >= 0.6 is 0 Å². The van der Waals surface area contributed by atoms with Crippen molar-refractivity contribution in [2.45, 2.75) is 6.54 Å². The third-order valence-electron chi connectivity index (χ3n) is 3.18. The van der Waals surface area contributed by atoms with Crippen molar-refractivity contribution in [3.8, 4) is 0 Å². The first-order valence-corrected chi connectivity index (χ1v) is 6.67. The minimum absolute atomic E-state index is 0.0926. The number of carbonyl (C=O) groups is 2.